The Bertz CT molecular complexity index is 948. The van der Waals surface area contributed by atoms with Gasteiger partial charge in [-0.1, -0.05) is 26.0 Å². The number of amides is 2. The van der Waals surface area contributed by atoms with E-state index >= 15 is 0 Å². The van der Waals surface area contributed by atoms with Crippen LogP contribution in [0, 0.1) is 16.0 Å². The molecule has 0 unspecified atom stereocenters. The Morgan fingerprint density at radius 1 is 1.09 bits per heavy atom. The van der Waals surface area contributed by atoms with E-state index in [-0.39, 0.29) is 24.2 Å². The van der Waals surface area contributed by atoms with Gasteiger partial charge in [0.1, 0.15) is 5.69 Å². The molecule has 0 atom stereocenters. The molecular weight excluding hydrogens is 416 g/mol. The topological polar surface area (TPSA) is 132 Å². The van der Waals surface area contributed by atoms with E-state index in [1.165, 1.54) is 19.2 Å². The fourth-order valence-electron chi connectivity index (χ4n) is 2.69. The minimum atomic E-state index is -0.517. The number of nitro groups is 1. The molecule has 3 N–H and O–H groups in total. The molecule has 10 heteroatoms. The molecule has 0 aliphatic heterocycles. The fourth-order valence-corrected chi connectivity index (χ4v) is 2.69. The summed E-state index contributed by atoms with van der Waals surface area (Å²) in [6.07, 6.45) is 0.891. The zero-order chi connectivity index (χ0) is 23.5. The van der Waals surface area contributed by atoms with Gasteiger partial charge in [0.2, 0.25) is 5.91 Å². The van der Waals surface area contributed by atoms with Gasteiger partial charge in [0.15, 0.2) is 11.5 Å². The van der Waals surface area contributed by atoms with Crippen LogP contribution in [0.5, 0.6) is 11.5 Å². The Labute approximate surface area is 186 Å². The quantitative estimate of drug-likeness (QED) is 0.358. The van der Waals surface area contributed by atoms with E-state index in [0.717, 1.165) is 6.42 Å². The number of para-hydroxylation sites is 2. The number of nitrogens with zero attached hydrogens (tertiary/aromatic N) is 1. The van der Waals surface area contributed by atoms with E-state index < -0.39 is 16.7 Å². The van der Waals surface area contributed by atoms with Crippen molar-refractivity contribution in [3.05, 3.63) is 58.1 Å². The second kappa shape index (κ2) is 12.1. The van der Waals surface area contributed by atoms with E-state index in [4.69, 9.17) is 9.47 Å². The van der Waals surface area contributed by atoms with Gasteiger partial charge in [-0.15, -0.1) is 0 Å². The zero-order valence-corrected chi connectivity index (χ0v) is 18.3. The van der Waals surface area contributed by atoms with Crippen molar-refractivity contribution in [2.75, 3.05) is 25.6 Å². The molecule has 0 aliphatic carbocycles. The van der Waals surface area contributed by atoms with Crippen LogP contribution in [0.1, 0.15) is 37.0 Å². The summed E-state index contributed by atoms with van der Waals surface area (Å²) in [7, 11) is 1.48. The first kappa shape index (κ1) is 24.4. The minimum absolute atomic E-state index is 0.00171. The van der Waals surface area contributed by atoms with Crippen molar-refractivity contribution in [2.45, 2.75) is 26.7 Å². The molecule has 0 spiro atoms. The minimum Gasteiger partial charge on any atom is -0.493 e. The first-order valence-corrected chi connectivity index (χ1v) is 10.2. The Balaban J connectivity index is 1.82. The van der Waals surface area contributed by atoms with Gasteiger partial charge >= 0.3 is 0 Å². The van der Waals surface area contributed by atoms with Crippen molar-refractivity contribution in [3.8, 4) is 11.5 Å². The molecule has 0 fully saturated rings. The average molecular weight is 444 g/mol. The summed E-state index contributed by atoms with van der Waals surface area (Å²) in [4.78, 5) is 34.8. The summed E-state index contributed by atoms with van der Waals surface area (Å²) in [6, 6.07) is 10.9. The van der Waals surface area contributed by atoms with Crippen molar-refractivity contribution in [2.24, 2.45) is 5.92 Å². The number of ether oxygens (including phenoxy) is 2. The lowest BCUT2D eigenvalue weighted by molar-refractivity contribution is -0.384. The highest BCUT2D eigenvalue weighted by atomic mass is 16.6. The molecule has 10 nitrogen and oxygen atoms in total. The number of hydrogen-bond donors (Lipinski definition) is 3. The number of methoxy groups -OCH3 is 1. The lowest BCUT2D eigenvalue weighted by Gasteiger charge is -2.13. The number of hydrazine groups is 1. The van der Waals surface area contributed by atoms with E-state index in [2.05, 4.69) is 30.0 Å². The predicted octanol–water partition coefficient (Wildman–Crippen LogP) is 3.29. The van der Waals surface area contributed by atoms with Crippen LogP contribution >= 0.6 is 0 Å². The van der Waals surface area contributed by atoms with Gasteiger partial charge in [0.05, 0.1) is 18.6 Å². The summed E-state index contributed by atoms with van der Waals surface area (Å²) in [5.41, 5.74) is 5.18. The molecule has 0 bridgehead atoms. The van der Waals surface area contributed by atoms with Gasteiger partial charge < -0.3 is 14.8 Å². The largest absolute Gasteiger partial charge is 0.493 e. The number of nitrogens with one attached hydrogen (secondary N) is 3. The first-order chi connectivity index (χ1) is 15.3. The van der Waals surface area contributed by atoms with Crippen LogP contribution < -0.4 is 25.6 Å². The molecule has 2 aromatic carbocycles. The van der Waals surface area contributed by atoms with E-state index in [0.29, 0.717) is 29.7 Å². The second-order valence-electron chi connectivity index (χ2n) is 7.35. The molecule has 0 aliphatic rings. The van der Waals surface area contributed by atoms with E-state index in [1.807, 2.05) is 0 Å². The maximum absolute atomic E-state index is 12.3. The van der Waals surface area contributed by atoms with Crippen LogP contribution in [0.4, 0.5) is 11.4 Å². The van der Waals surface area contributed by atoms with E-state index in [1.54, 1.807) is 30.3 Å². The highest BCUT2D eigenvalue weighted by Gasteiger charge is 2.14. The van der Waals surface area contributed by atoms with E-state index in [9.17, 15) is 19.7 Å². The Kier molecular flexibility index (Phi) is 9.27. The highest BCUT2D eigenvalue weighted by molar-refractivity contribution is 5.96. The standard InChI is InChI=1S/C22H28N4O6/c1-15(2)11-13-32-19-9-8-16(14-20(19)31-3)22(28)25-24-21(27)10-12-23-17-6-4-5-7-18(17)26(29)30/h4-9,14-15,23H,10-13H2,1-3H3,(H,24,27)(H,25,28). The third-order valence-electron chi connectivity index (χ3n) is 4.46. The Morgan fingerprint density at radius 3 is 2.53 bits per heavy atom. The van der Waals surface area contributed by atoms with Crippen molar-refractivity contribution in [1.29, 1.82) is 0 Å². The number of hydrogen-bond acceptors (Lipinski definition) is 7. The van der Waals surface area contributed by atoms with Crippen molar-refractivity contribution in [1.82, 2.24) is 10.9 Å². The first-order valence-electron chi connectivity index (χ1n) is 10.2. The van der Waals surface area contributed by atoms with Gasteiger partial charge in [0.25, 0.3) is 11.6 Å². The normalized spacial score (nSPS) is 10.4. The zero-order valence-electron chi connectivity index (χ0n) is 18.3. The maximum Gasteiger partial charge on any atom is 0.292 e. The number of carbonyl (C=O) groups excluding carboxylic acids is 2. The van der Waals surface area contributed by atoms with Gasteiger partial charge in [-0.25, -0.2) is 0 Å². The average Bonchev–Trinajstić information content (AvgIpc) is 2.77. The van der Waals surface area contributed by atoms with Gasteiger partial charge in [0, 0.05) is 24.6 Å². The summed E-state index contributed by atoms with van der Waals surface area (Å²) < 4.78 is 11.0. The Hall–Kier alpha value is -3.82. The molecule has 2 amide bonds. The van der Waals surface area contributed by atoms with Crippen molar-refractivity contribution in [3.63, 3.8) is 0 Å². The molecule has 2 aromatic rings. The molecule has 2 rings (SSSR count). The number of rotatable bonds is 11. The molecule has 0 saturated carbocycles. The SMILES string of the molecule is COc1cc(C(=O)NNC(=O)CCNc2ccccc2[N+](=O)[O-])ccc1OCCC(C)C. The highest BCUT2D eigenvalue weighted by Crippen LogP contribution is 2.28. The lowest BCUT2D eigenvalue weighted by atomic mass is 10.1. The van der Waals surface area contributed by atoms with Crippen LogP contribution in [0.3, 0.4) is 0 Å². The van der Waals surface area contributed by atoms with Crippen molar-refractivity contribution >= 4 is 23.2 Å². The summed E-state index contributed by atoms with van der Waals surface area (Å²) in [5, 5.41) is 13.8. The summed E-state index contributed by atoms with van der Waals surface area (Å²) in [6.45, 7) is 4.90. The molecule has 0 radical (unpaired) electrons. The van der Waals surface area contributed by atoms with Gasteiger partial charge in [-0.3, -0.25) is 30.6 Å². The van der Waals surface area contributed by atoms with Crippen LogP contribution in [0.15, 0.2) is 42.5 Å². The third kappa shape index (κ3) is 7.46. The number of benzene rings is 2. The van der Waals surface area contributed by atoms with Crippen LogP contribution in [0.2, 0.25) is 0 Å². The summed E-state index contributed by atoms with van der Waals surface area (Å²) >= 11 is 0. The molecular formula is C22H28N4O6. The molecule has 0 heterocycles. The van der Waals surface area contributed by atoms with Gasteiger partial charge in [-0.05, 0) is 36.6 Å². The number of nitro benzene ring substituents is 1. The Morgan fingerprint density at radius 2 is 1.84 bits per heavy atom. The predicted molar refractivity (Wildman–Crippen MR) is 120 cm³/mol. The van der Waals surface area contributed by atoms with Crippen LogP contribution in [-0.4, -0.2) is 37.0 Å². The van der Waals surface area contributed by atoms with Crippen LogP contribution in [0.25, 0.3) is 0 Å². The molecule has 0 saturated heterocycles. The monoisotopic (exact) mass is 444 g/mol. The van der Waals surface area contributed by atoms with Crippen LogP contribution in [-0.2, 0) is 4.79 Å². The molecule has 32 heavy (non-hydrogen) atoms. The fraction of sp³-hybridized carbons (Fsp3) is 0.364. The lowest BCUT2D eigenvalue weighted by Crippen LogP contribution is -2.42. The van der Waals surface area contributed by atoms with Crippen molar-refractivity contribution < 1.29 is 24.0 Å². The number of anilines is 1. The maximum atomic E-state index is 12.3. The number of carbonyl (C=O) groups is 2. The van der Waals surface area contributed by atoms with Gasteiger partial charge in [-0.2, -0.15) is 0 Å². The molecule has 0 aromatic heterocycles. The summed E-state index contributed by atoms with van der Waals surface area (Å²) in [5.74, 6) is 0.492. The second-order valence-corrected chi connectivity index (χ2v) is 7.35. The third-order valence-corrected chi connectivity index (χ3v) is 4.46. The molecule has 172 valence electrons. The smallest absolute Gasteiger partial charge is 0.292 e.